The van der Waals surface area contributed by atoms with Crippen molar-refractivity contribution in [3.8, 4) is 45.4 Å². The molecule has 8 rings (SSSR count). The third-order valence-electron chi connectivity index (χ3n) is 7.77. The number of hydrogen-bond donors (Lipinski definition) is 0. The lowest BCUT2D eigenvalue weighted by molar-refractivity contribution is 0.360. The first-order valence-electron chi connectivity index (χ1n) is 12.5. The van der Waals surface area contributed by atoms with Crippen molar-refractivity contribution in [2.24, 2.45) is 0 Å². The van der Waals surface area contributed by atoms with Crippen molar-refractivity contribution >= 4 is 21.8 Å². The van der Waals surface area contributed by atoms with E-state index in [9.17, 15) is 0 Å². The Morgan fingerprint density at radius 1 is 0.595 bits per heavy atom. The first-order chi connectivity index (χ1) is 18.1. The average Bonchev–Trinajstić information content (AvgIpc) is 3.16. The second-order valence-corrected chi connectivity index (χ2v) is 10.3. The summed E-state index contributed by atoms with van der Waals surface area (Å²) in [5.41, 5.74) is 8.42. The summed E-state index contributed by atoms with van der Waals surface area (Å²) in [6, 6.07) is 31.2. The fraction of sp³-hybridized carbons (Fsp3) is 0.0909. The van der Waals surface area contributed by atoms with Crippen LogP contribution in [-0.4, -0.2) is 9.97 Å². The predicted molar refractivity (Wildman–Crippen MR) is 147 cm³/mol. The van der Waals surface area contributed by atoms with Gasteiger partial charge < -0.3 is 9.47 Å². The van der Waals surface area contributed by atoms with Gasteiger partial charge in [0.1, 0.15) is 0 Å². The summed E-state index contributed by atoms with van der Waals surface area (Å²) in [5.74, 6) is 2.84. The van der Waals surface area contributed by atoms with Crippen LogP contribution >= 0.6 is 0 Å². The highest BCUT2D eigenvalue weighted by Crippen LogP contribution is 2.56. The van der Waals surface area contributed by atoms with Crippen LogP contribution in [0.2, 0.25) is 0 Å². The Bertz CT molecular complexity index is 1920. The van der Waals surface area contributed by atoms with Crippen LogP contribution in [0.25, 0.3) is 44.2 Å². The molecule has 2 aromatic heterocycles. The van der Waals surface area contributed by atoms with E-state index in [0.717, 1.165) is 44.6 Å². The molecule has 0 unspecified atom stereocenters. The van der Waals surface area contributed by atoms with Crippen molar-refractivity contribution in [3.63, 3.8) is 0 Å². The van der Waals surface area contributed by atoms with Crippen LogP contribution in [0.5, 0.6) is 23.0 Å². The second-order valence-electron chi connectivity index (χ2n) is 10.3. The van der Waals surface area contributed by atoms with E-state index >= 15 is 0 Å². The van der Waals surface area contributed by atoms with Crippen LogP contribution in [-0.2, 0) is 5.41 Å². The smallest absolute Gasteiger partial charge is 0.179 e. The standard InChI is InChI=1S/C33H22N2O2/c1-33(2)24-10-4-3-8-21(24)23-17-28-29(18-25(23)33)36-27-11-5-9-22(32(27)37-28)26-15-14-20-13-12-19-7-6-16-34-30(19)31(20)35-26/h3-18H,1-2H3. The lowest BCUT2D eigenvalue weighted by atomic mass is 9.82. The van der Waals surface area contributed by atoms with E-state index in [-0.39, 0.29) is 5.41 Å². The molecule has 1 aliphatic carbocycles. The van der Waals surface area contributed by atoms with Crippen LogP contribution in [0.15, 0.2) is 97.2 Å². The maximum atomic E-state index is 6.59. The van der Waals surface area contributed by atoms with Crippen molar-refractivity contribution < 1.29 is 9.47 Å². The lowest BCUT2D eigenvalue weighted by Gasteiger charge is -2.26. The highest BCUT2D eigenvalue weighted by Gasteiger charge is 2.37. The van der Waals surface area contributed by atoms with Crippen molar-refractivity contribution in [3.05, 3.63) is 108 Å². The molecule has 4 heteroatoms. The number of benzene rings is 4. The zero-order valence-electron chi connectivity index (χ0n) is 20.4. The highest BCUT2D eigenvalue weighted by molar-refractivity contribution is 6.03. The van der Waals surface area contributed by atoms with Crippen LogP contribution in [0, 0.1) is 0 Å². The molecule has 3 heterocycles. The van der Waals surface area contributed by atoms with Crippen molar-refractivity contribution in [1.29, 1.82) is 0 Å². The molecule has 0 radical (unpaired) electrons. The van der Waals surface area contributed by atoms with Gasteiger partial charge in [-0.3, -0.25) is 4.98 Å². The Kier molecular flexibility index (Phi) is 3.97. The van der Waals surface area contributed by atoms with Crippen LogP contribution in [0.4, 0.5) is 0 Å². The van der Waals surface area contributed by atoms with Crippen molar-refractivity contribution in [2.45, 2.75) is 19.3 Å². The monoisotopic (exact) mass is 478 g/mol. The minimum Gasteiger partial charge on any atom is -0.449 e. The molecule has 4 nitrogen and oxygen atoms in total. The maximum absolute atomic E-state index is 6.59. The number of fused-ring (bicyclic) bond motifs is 8. The largest absolute Gasteiger partial charge is 0.449 e. The Balaban J connectivity index is 1.28. The van der Waals surface area contributed by atoms with E-state index in [2.05, 4.69) is 79.5 Å². The molecule has 176 valence electrons. The van der Waals surface area contributed by atoms with Gasteiger partial charge in [0, 0.05) is 27.9 Å². The van der Waals surface area contributed by atoms with Crippen molar-refractivity contribution in [1.82, 2.24) is 9.97 Å². The van der Waals surface area contributed by atoms with E-state index < -0.39 is 0 Å². The molecule has 0 saturated carbocycles. The van der Waals surface area contributed by atoms with E-state index in [1.54, 1.807) is 0 Å². The molecule has 0 saturated heterocycles. The first-order valence-corrected chi connectivity index (χ1v) is 12.5. The van der Waals surface area contributed by atoms with E-state index in [1.165, 1.54) is 22.3 Å². The van der Waals surface area contributed by atoms with Crippen LogP contribution in [0.1, 0.15) is 25.0 Å². The van der Waals surface area contributed by atoms with Gasteiger partial charge in [-0.1, -0.05) is 68.4 Å². The van der Waals surface area contributed by atoms with Crippen LogP contribution < -0.4 is 9.47 Å². The average molecular weight is 479 g/mol. The summed E-state index contributed by atoms with van der Waals surface area (Å²) in [5, 5.41) is 2.12. The molecule has 0 spiro atoms. The fourth-order valence-corrected chi connectivity index (χ4v) is 5.87. The van der Waals surface area contributed by atoms with Gasteiger partial charge in [0.2, 0.25) is 0 Å². The minimum absolute atomic E-state index is 0.0989. The quantitative estimate of drug-likeness (QED) is 0.221. The maximum Gasteiger partial charge on any atom is 0.179 e. The molecule has 0 atom stereocenters. The number of para-hydroxylation sites is 1. The van der Waals surface area contributed by atoms with Gasteiger partial charge in [0.25, 0.3) is 0 Å². The van der Waals surface area contributed by atoms with Crippen molar-refractivity contribution in [2.75, 3.05) is 0 Å². The van der Waals surface area contributed by atoms with Gasteiger partial charge in [-0.05, 0) is 58.7 Å². The summed E-state index contributed by atoms with van der Waals surface area (Å²) in [6.07, 6.45) is 1.81. The number of pyridine rings is 2. The van der Waals surface area contributed by atoms with Gasteiger partial charge in [-0.2, -0.15) is 0 Å². The molecular formula is C33H22N2O2. The highest BCUT2D eigenvalue weighted by atomic mass is 16.6. The van der Waals surface area contributed by atoms with Gasteiger partial charge in [0.15, 0.2) is 23.0 Å². The molecule has 37 heavy (non-hydrogen) atoms. The van der Waals surface area contributed by atoms with E-state index in [0.29, 0.717) is 11.5 Å². The molecule has 4 aromatic carbocycles. The number of aromatic nitrogens is 2. The molecule has 1 aliphatic heterocycles. The third kappa shape index (κ3) is 2.84. The first kappa shape index (κ1) is 20.5. The third-order valence-corrected chi connectivity index (χ3v) is 7.77. The molecular weight excluding hydrogens is 456 g/mol. The number of hydrogen-bond acceptors (Lipinski definition) is 4. The van der Waals surface area contributed by atoms with Gasteiger partial charge in [-0.15, -0.1) is 0 Å². The molecule has 0 bridgehead atoms. The van der Waals surface area contributed by atoms with E-state index in [4.69, 9.17) is 14.5 Å². The van der Waals surface area contributed by atoms with Gasteiger partial charge >= 0.3 is 0 Å². The van der Waals surface area contributed by atoms with Gasteiger partial charge in [0.05, 0.1) is 16.7 Å². The molecule has 2 aliphatic rings. The number of nitrogens with zero attached hydrogens (tertiary/aromatic N) is 2. The summed E-state index contributed by atoms with van der Waals surface area (Å²) in [6.45, 7) is 4.54. The van der Waals surface area contributed by atoms with E-state index in [1.807, 2.05) is 36.5 Å². The Morgan fingerprint density at radius 2 is 1.38 bits per heavy atom. The van der Waals surface area contributed by atoms with Gasteiger partial charge in [-0.25, -0.2) is 4.98 Å². The number of ether oxygens (including phenoxy) is 2. The summed E-state index contributed by atoms with van der Waals surface area (Å²) in [7, 11) is 0. The molecule has 0 amide bonds. The molecule has 0 fully saturated rings. The lowest BCUT2D eigenvalue weighted by Crippen LogP contribution is -2.15. The zero-order chi connectivity index (χ0) is 24.7. The summed E-state index contributed by atoms with van der Waals surface area (Å²) < 4.78 is 13.0. The summed E-state index contributed by atoms with van der Waals surface area (Å²) >= 11 is 0. The Hall–Kier alpha value is -4.70. The fourth-order valence-electron chi connectivity index (χ4n) is 5.87. The normalized spacial score (nSPS) is 14.3. The zero-order valence-corrected chi connectivity index (χ0v) is 20.4. The Labute approximate surface area is 214 Å². The molecule has 0 N–H and O–H groups in total. The second kappa shape index (κ2) is 7.17. The summed E-state index contributed by atoms with van der Waals surface area (Å²) in [4.78, 5) is 9.65. The number of rotatable bonds is 1. The Morgan fingerprint density at radius 3 is 2.30 bits per heavy atom. The SMILES string of the molecule is CC1(C)c2ccccc2-c2cc3c(cc21)Oc1cccc(-c2ccc4ccc5cccnc5c4n2)c1O3. The molecule has 6 aromatic rings. The predicted octanol–water partition coefficient (Wildman–Crippen LogP) is 8.65. The topological polar surface area (TPSA) is 44.2 Å². The van der Waals surface area contributed by atoms with Crippen LogP contribution in [0.3, 0.4) is 0 Å². The minimum atomic E-state index is -0.0989.